The Morgan fingerprint density at radius 2 is 1.91 bits per heavy atom. The lowest BCUT2D eigenvalue weighted by atomic mass is 10.0. The van der Waals surface area contributed by atoms with Crippen LogP contribution in [0.5, 0.6) is 0 Å². The number of benzene rings is 2. The van der Waals surface area contributed by atoms with E-state index in [4.69, 9.17) is 9.84 Å². The van der Waals surface area contributed by atoms with Crippen molar-refractivity contribution in [1.82, 2.24) is 29.6 Å². The smallest absolute Gasteiger partial charge is 0.265 e. The highest BCUT2D eigenvalue weighted by atomic mass is 19.1. The average molecular weight is 620 g/mol. The summed E-state index contributed by atoms with van der Waals surface area (Å²) in [5, 5.41) is 23.0. The maximum Gasteiger partial charge on any atom is 0.265 e. The number of aromatic nitrogens is 5. The van der Waals surface area contributed by atoms with Crippen LogP contribution in [0.4, 0.5) is 16.0 Å². The normalized spacial score (nSPS) is 16.7. The fraction of sp³-hybridized carbons (Fsp3) is 0.235. The highest BCUT2D eigenvalue weighted by Gasteiger charge is 2.26. The number of nitrogens with zero attached hydrogens (tertiary/aromatic N) is 4. The molecule has 232 valence electrons. The Morgan fingerprint density at radius 3 is 2.72 bits per heavy atom. The Bertz CT molecular complexity index is 2250. The van der Waals surface area contributed by atoms with Crippen molar-refractivity contribution < 1.29 is 14.2 Å². The molecule has 1 unspecified atom stereocenters. The van der Waals surface area contributed by atoms with Gasteiger partial charge in [-0.15, -0.1) is 5.10 Å². The minimum absolute atomic E-state index is 0.00669. The summed E-state index contributed by atoms with van der Waals surface area (Å²) in [5.74, 6) is 0.569. The molecular formula is C34H30FN7O4. The van der Waals surface area contributed by atoms with Crippen molar-refractivity contribution in [2.45, 2.75) is 31.4 Å². The lowest BCUT2D eigenvalue weighted by Crippen LogP contribution is -2.35. The molecule has 1 aliphatic heterocycles. The molecule has 6 aromatic rings. The largest absolute Gasteiger partial charge is 0.392 e. The van der Waals surface area contributed by atoms with Crippen LogP contribution in [0.2, 0.25) is 0 Å². The van der Waals surface area contributed by atoms with Crippen molar-refractivity contribution in [2.24, 2.45) is 0 Å². The third-order valence-electron chi connectivity index (χ3n) is 8.78. The molecule has 12 heteroatoms. The lowest BCUT2D eigenvalue weighted by Gasteiger charge is -2.25. The number of H-pyrrole nitrogens is 1. The molecule has 1 saturated heterocycles. The second kappa shape index (κ2) is 11.3. The van der Waals surface area contributed by atoms with Crippen LogP contribution in [-0.4, -0.2) is 49.2 Å². The number of morpholine rings is 1. The number of anilines is 2. The van der Waals surface area contributed by atoms with Crippen LogP contribution in [0.1, 0.15) is 41.5 Å². The molecule has 0 bridgehead atoms. The first kappa shape index (κ1) is 28.3. The van der Waals surface area contributed by atoms with E-state index in [2.05, 4.69) is 20.6 Å². The SMILES string of the molecule is O=c1[nH]ccc2c1c(Nc1ncccc1C1COCCN1)nn2-c1cccc(-n2ccc3cc(C4CC4)cc(F)c3c2=O)c1CO. The van der Waals surface area contributed by atoms with E-state index in [1.54, 1.807) is 47.4 Å². The van der Waals surface area contributed by atoms with E-state index in [-0.39, 0.29) is 28.2 Å². The number of hydrogen-bond acceptors (Lipinski definition) is 8. The minimum atomic E-state index is -0.558. The maximum absolute atomic E-state index is 15.3. The van der Waals surface area contributed by atoms with Crippen molar-refractivity contribution in [3.63, 3.8) is 0 Å². The van der Waals surface area contributed by atoms with Crippen molar-refractivity contribution in [3.8, 4) is 11.4 Å². The predicted octanol–water partition coefficient (Wildman–Crippen LogP) is 4.33. The Labute approximate surface area is 261 Å². The summed E-state index contributed by atoms with van der Waals surface area (Å²) in [6.07, 6.45) is 6.83. The van der Waals surface area contributed by atoms with Crippen LogP contribution in [0.15, 0.2) is 82.8 Å². The van der Waals surface area contributed by atoms with E-state index >= 15 is 4.39 Å². The number of pyridine rings is 3. The number of halogens is 1. The van der Waals surface area contributed by atoms with Crippen LogP contribution < -0.4 is 21.8 Å². The first-order valence-electron chi connectivity index (χ1n) is 15.2. The average Bonchev–Trinajstić information content (AvgIpc) is 3.87. The molecule has 11 nitrogen and oxygen atoms in total. The maximum atomic E-state index is 15.3. The van der Waals surface area contributed by atoms with E-state index in [9.17, 15) is 14.7 Å². The molecule has 0 amide bonds. The van der Waals surface area contributed by atoms with Gasteiger partial charge in [0.25, 0.3) is 11.1 Å². The summed E-state index contributed by atoms with van der Waals surface area (Å²) in [6, 6.07) is 15.6. The van der Waals surface area contributed by atoms with Gasteiger partial charge in [0.2, 0.25) is 0 Å². The number of aliphatic hydroxyl groups is 1. The zero-order valence-corrected chi connectivity index (χ0v) is 24.7. The molecule has 1 saturated carbocycles. The highest BCUT2D eigenvalue weighted by molar-refractivity contribution is 5.92. The molecule has 8 rings (SSSR count). The molecule has 5 heterocycles. The zero-order valence-electron chi connectivity index (χ0n) is 24.7. The molecule has 1 aliphatic carbocycles. The van der Waals surface area contributed by atoms with Crippen molar-refractivity contribution in [3.05, 3.63) is 116 Å². The number of nitrogens with one attached hydrogen (secondary N) is 3. The van der Waals surface area contributed by atoms with Gasteiger partial charge in [0.05, 0.1) is 48.1 Å². The van der Waals surface area contributed by atoms with Gasteiger partial charge in [0.1, 0.15) is 17.0 Å². The topological polar surface area (TPSA) is 139 Å². The van der Waals surface area contributed by atoms with Gasteiger partial charge >= 0.3 is 0 Å². The van der Waals surface area contributed by atoms with E-state index in [0.717, 1.165) is 24.0 Å². The first-order chi connectivity index (χ1) is 22.5. The van der Waals surface area contributed by atoms with Crippen LogP contribution in [-0.2, 0) is 11.3 Å². The standard InChI is InChI=1S/C34H30FN7O4/c35-24-16-21(19-6-7-19)15-20-9-13-41(34(45)29(20)24)26-4-1-5-27(23(26)17-43)42-28-8-11-38-33(44)30(28)32(40-42)39-31-22(3-2-10-37-31)25-18-46-14-12-36-25/h1-5,8-11,13,15-16,19,25,36,43H,6-7,12,14,17-18H2,(H,38,44)(H,37,39,40). The second-order valence-electron chi connectivity index (χ2n) is 11.6. The van der Waals surface area contributed by atoms with Gasteiger partial charge in [-0.2, -0.15) is 0 Å². The molecule has 1 atom stereocenters. The molecule has 0 radical (unpaired) electrons. The Morgan fingerprint density at radius 1 is 1.04 bits per heavy atom. The zero-order chi connectivity index (χ0) is 31.4. The number of ether oxygens (including phenoxy) is 1. The van der Waals surface area contributed by atoms with Crippen molar-refractivity contribution in [1.29, 1.82) is 0 Å². The molecular weight excluding hydrogens is 589 g/mol. The monoisotopic (exact) mass is 619 g/mol. The van der Waals surface area contributed by atoms with Gasteiger partial charge in [0.15, 0.2) is 5.82 Å². The molecule has 4 aromatic heterocycles. The molecule has 4 N–H and O–H groups in total. The van der Waals surface area contributed by atoms with E-state index in [1.807, 2.05) is 18.2 Å². The molecule has 0 spiro atoms. The quantitative estimate of drug-likeness (QED) is 0.207. The third-order valence-corrected chi connectivity index (χ3v) is 8.78. The van der Waals surface area contributed by atoms with Crippen LogP contribution in [0.25, 0.3) is 33.1 Å². The molecule has 2 aliphatic rings. The number of fused-ring (bicyclic) bond motifs is 2. The molecule has 2 aromatic carbocycles. The summed E-state index contributed by atoms with van der Waals surface area (Å²) < 4.78 is 23.9. The Balaban J connectivity index is 1.26. The summed E-state index contributed by atoms with van der Waals surface area (Å²) in [6.45, 7) is 1.34. The van der Waals surface area contributed by atoms with Crippen LogP contribution >= 0.6 is 0 Å². The Hall–Kier alpha value is -5.17. The number of rotatable bonds is 7. The summed E-state index contributed by atoms with van der Waals surface area (Å²) in [5.41, 5.74) is 2.54. The summed E-state index contributed by atoms with van der Waals surface area (Å²) in [4.78, 5) is 34.2. The summed E-state index contributed by atoms with van der Waals surface area (Å²) >= 11 is 0. The Kier molecular flexibility index (Phi) is 6.97. The van der Waals surface area contributed by atoms with E-state index in [1.165, 1.54) is 16.8 Å². The van der Waals surface area contributed by atoms with E-state index < -0.39 is 18.0 Å². The molecule has 46 heavy (non-hydrogen) atoms. The number of aliphatic hydroxyl groups excluding tert-OH is 1. The molecule has 2 fully saturated rings. The second-order valence-corrected chi connectivity index (χ2v) is 11.6. The number of aromatic amines is 1. The van der Waals surface area contributed by atoms with Crippen molar-refractivity contribution >= 4 is 33.3 Å². The van der Waals surface area contributed by atoms with Gasteiger partial charge in [-0.1, -0.05) is 18.2 Å². The van der Waals surface area contributed by atoms with Crippen LogP contribution in [0, 0.1) is 5.82 Å². The lowest BCUT2D eigenvalue weighted by molar-refractivity contribution is 0.0770. The minimum Gasteiger partial charge on any atom is -0.392 e. The van der Waals surface area contributed by atoms with Gasteiger partial charge < -0.3 is 25.5 Å². The first-order valence-corrected chi connectivity index (χ1v) is 15.2. The highest BCUT2D eigenvalue weighted by Crippen LogP contribution is 2.41. The van der Waals surface area contributed by atoms with E-state index in [0.29, 0.717) is 59.3 Å². The fourth-order valence-corrected chi connectivity index (χ4v) is 6.37. The van der Waals surface area contributed by atoms with Gasteiger partial charge in [-0.05, 0) is 66.1 Å². The van der Waals surface area contributed by atoms with Gasteiger partial charge in [-0.3, -0.25) is 14.2 Å². The fourth-order valence-electron chi connectivity index (χ4n) is 6.37. The number of hydrogen-bond donors (Lipinski definition) is 4. The third kappa shape index (κ3) is 4.78. The predicted molar refractivity (Wildman–Crippen MR) is 172 cm³/mol. The van der Waals surface area contributed by atoms with Gasteiger partial charge in [-0.25, -0.2) is 14.1 Å². The van der Waals surface area contributed by atoms with Crippen LogP contribution in [0.3, 0.4) is 0 Å². The van der Waals surface area contributed by atoms with Gasteiger partial charge in [0, 0.05) is 36.3 Å². The summed E-state index contributed by atoms with van der Waals surface area (Å²) in [7, 11) is 0. The van der Waals surface area contributed by atoms with Crippen molar-refractivity contribution in [2.75, 3.05) is 25.1 Å².